The minimum absolute atomic E-state index is 0.429. The van der Waals surface area contributed by atoms with Gasteiger partial charge in [-0.25, -0.2) is 9.97 Å². The topological polar surface area (TPSA) is 46.0 Å². The van der Waals surface area contributed by atoms with E-state index in [1.807, 2.05) is 44.2 Å². The van der Waals surface area contributed by atoms with Gasteiger partial charge in [0, 0.05) is 16.3 Å². The van der Waals surface area contributed by atoms with Crippen LogP contribution in [0.4, 0.5) is 0 Å². The molecule has 1 aromatic carbocycles. The molecule has 0 unspecified atom stereocenters. The highest BCUT2D eigenvalue weighted by molar-refractivity contribution is 7.99. The van der Waals surface area contributed by atoms with E-state index in [1.54, 1.807) is 6.92 Å². The Balaban J connectivity index is 2.18. The first-order valence-electron chi connectivity index (χ1n) is 5.83. The predicted octanol–water partition coefficient (Wildman–Crippen LogP) is 3.30. The molecule has 0 amide bonds. The molecule has 18 heavy (non-hydrogen) atoms. The van der Waals surface area contributed by atoms with E-state index in [0.29, 0.717) is 0 Å². The summed E-state index contributed by atoms with van der Waals surface area (Å²) in [5.74, 6) is 0. The minimum Gasteiger partial charge on any atom is -0.389 e. The van der Waals surface area contributed by atoms with Crippen molar-refractivity contribution < 1.29 is 5.11 Å². The van der Waals surface area contributed by atoms with Crippen LogP contribution in [0.5, 0.6) is 0 Å². The molecule has 0 aliphatic heterocycles. The molecule has 1 N–H and O–H groups in total. The fraction of sp³-hybridized carbons (Fsp3) is 0.286. The van der Waals surface area contributed by atoms with Gasteiger partial charge in [0.25, 0.3) is 0 Å². The average Bonchev–Trinajstić information content (AvgIpc) is 2.28. The zero-order valence-corrected chi connectivity index (χ0v) is 11.5. The molecule has 0 spiro atoms. The van der Waals surface area contributed by atoms with E-state index in [1.165, 1.54) is 11.8 Å². The normalized spacial score (nSPS) is 12.4. The first-order chi connectivity index (χ1) is 8.54. The van der Waals surface area contributed by atoms with E-state index in [4.69, 9.17) is 0 Å². The highest BCUT2D eigenvalue weighted by Gasteiger charge is 2.04. The molecule has 2 rings (SSSR count). The number of aliphatic hydroxyl groups is 1. The first-order valence-corrected chi connectivity index (χ1v) is 6.64. The van der Waals surface area contributed by atoms with E-state index < -0.39 is 6.10 Å². The molecule has 1 atom stereocenters. The zero-order chi connectivity index (χ0) is 13.1. The lowest BCUT2D eigenvalue weighted by molar-refractivity contribution is 0.199. The van der Waals surface area contributed by atoms with Gasteiger partial charge in [0.2, 0.25) is 0 Å². The fourth-order valence-electron chi connectivity index (χ4n) is 1.66. The van der Waals surface area contributed by atoms with E-state index in [2.05, 4.69) is 9.97 Å². The third-order valence-corrected chi connectivity index (χ3v) is 3.41. The molecule has 0 aliphatic carbocycles. The Labute approximate surface area is 111 Å². The SMILES string of the molecule is Cc1cc(C)nc(Sc2ccc([C@@H](C)O)cc2)n1. The number of hydrogen-bond acceptors (Lipinski definition) is 4. The summed E-state index contributed by atoms with van der Waals surface area (Å²) in [4.78, 5) is 9.85. The molecule has 0 saturated carbocycles. The summed E-state index contributed by atoms with van der Waals surface area (Å²) in [7, 11) is 0. The Bertz CT molecular complexity index is 518. The Morgan fingerprint density at radius 2 is 1.61 bits per heavy atom. The standard InChI is InChI=1S/C14H16N2OS/c1-9-8-10(2)16-14(15-9)18-13-6-4-12(5-7-13)11(3)17/h4-8,11,17H,1-3H3/t11-/m1/s1. The van der Waals surface area contributed by atoms with Crippen LogP contribution >= 0.6 is 11.8 Å². The summed E-state index contributed by atoms with van der Waals surface area (Å²) in [6.45, 7) is 5.69. The molecule has 2 aromatic rings. The largest absolute Gasteiger partial charge is 0.389 e. The van der Waals surface area contributed by atoms with Gasteiger partial charge in [-0.2, -0.15) is 0 Å². The van der Waals surface area contributed by atoms with Crippen molar-refractivity contribution in [1.29, 1.82) is 0 Å². The second kappa shape index (κ2) is 5.50. The maximum atomic E-state index is 9.45. The van der Waals surface area contributed by atoms with Crippen LogP contribution < -0.4 is 0 Å². The molecule has 3 nitrogen and oxygen atoms in total. The van der Waals surface area contributed by atoms with E-state index in [0.717, 1.165) is 27.0 Å². The Morgan fingerprint density at radius 1 is 1.06 bits per heavy atom. The lowest BCUT2D eigenvalue weighted by Crippen LogP contribution is -1.93. The highest BCUT2D eigenvalue weighted by Crippen LogP contribution is 2.26. The fourth-order valence-corrected chi connectivity index (χ4v) is 2.52. The van der Waals surface area contributed by atoms with Crippen molar-refractivity contribution in [2.45, 2.75) is 36.9 Å². The van der Waals surface area contributed by atoms with Crippen molar-refractivity contribution in [2.24, 2.45) is 0 Å². The molecule has 0 fully saturated rings. The van der Waals surface area contributed by atoms with Crippen molar-refractivity contribution >= 4 is 11.8 Å². The van der Waals surface area contributed by atoms with Crippen LogP contribution in [0.25, 0.3) is 0 Å². The molecule has 1 heterocycles. The molecule has 0 radical (unpaired) electrons. The second-order valence-electron chi connectivity index (χ2n) is 4.28. The summed E-state index contributed by atoms with van der Waals surface area (Å²) in [5.41, 5.74) is 2.87. The second-order valence-corrected chi connectivity index (χ2v) is 5.32. The van der Waals surface area contributed by atoms with Crippen LogP contribution in [0.2, 0.25) is 0 Å². The van der Waals surface area contributed by atoms with Crippen LogP contribution in [0, 0.1) is 13.8 Å². The number of benzene rings is 1. The van der Waals surface area contributed by atoms with Gasteiger partial charge in [-0.15, -0.1) is 0 Å². The smallest absolute Gasteiger partial charge is 0.192 e. The van der Waals surface area contributed by atoms with Crippen molar-refractivity contribution in [2.75, 3.05) is 0 Å². The molecule has 0 aliphatic rings. The van der Waals surface area contributed by atoms with Crippen molar-refractivity contribution in [1.82, 2.24) is 9.97 Å². The van der Waals surface area contributed by atoms with Crippen molar-refractivity contribution in [3.63, 3.8) is 0 Å². The predicted molar refractivity (Wildman–Crippen MR) is 72.7 cm³/mol. The Hall–Kier alpha value is -1.39. The molecular weight excluding hydrogens is 244 g/mol. The summed E-state index contributed by atoms with van der Waals surface area (Å²) in [6.07, 6.45) is -0.429. The number of aryl methyl sites for hydroxylation is 2. The molecule has 4 heteroatoms. The maximum Gasteiger partial charge on any atom is 0.192 e. The first kappa shape index (κ1) is 13.1. The summed E-state index contributed by atoms with van der Waals surface area (Å²) in [6, 6.07) is 9.77. The van der Waals surface area contributed by atoms with Gasteiger partial charge in [-0.1, -0.05) is 12.1 Å². The minimum atomic E-state index is -0.429. The average molecular weight is 260 g/mol. The molecule has 94 valence electrons. The van der Waals surface area contributed by atoms with Gasteiger partial charge in [0.05, 0.1) is 6.10 Å². The Morgan fingerprint density at radius 3 is 2.11 bits per heavy atom. The van der Waals surface area contributed by atoms with Gasteiger partial charge in [-0.05, 0) is 56.3 Å². The third-order valence-electron chi connectivity index (χ3n) is 2.53. The number of aliphatic hydroxyl groups excluding tert-OH is 1. The lowest BCUT2D eigenvalue weighted by atomic mass is 10.1. The van der Waals surface area contributed by atoms with Crippen LogP contribution in [-0.2, 0) is 0 Å². The molecular formula is C14H16N2OS. The third kappa shape index (κ3) is 3.31. The van der Waals surface area contributed by atoms with Crippen LogP contribution in [0.1, 0.15) is 30.0 Å². The molecule has 0 bridgehead atoms. The highest BCUT2D eigenvalue weighted by atomic mass is 32.2. The molecule has 0 saturated heterocycles. The van der Waals surface area contributed by atoms with Crippen LogP contribution in [0.3, 0.4) is 0 Å². The number of nitrogens with zero attached hydrogens (tertiary/aromatic N) is 2. The maximum absolute atomic E-state index is 9.45. The van der Waals surface area contributed by atoms with Gasteiger partial charge < -0.3 is 5.11 Å². The van der Waals surface area contributed by atoms with E-state index in [9.17, 15) is 5.11 Å². The number of rotatable bonds is 3. The lowest BCUT2D eigenvalue weighted by Gasteiger charge is -2.06. The molecule has 1 aromatic heterocycles. The zero-order valence-electron chi connectivity index (χ0n) is 10.7. The number of hydrogen-bond donors (Lipinski definition) is 1. The summed E-state index contributed by atoms with van der Waals surface area (Å²) in [5, 5.41) is 10.2. The van der Waals surface area contributed by atoms with Gasteiger partial charge >= 0.3 is 0 Å². The van der Waals surface area contributed by atoms with Crippen LogP contribution in [0.15, 0.2) is 40.4 Å². The van der Waals surface area contributed by atoms with Crippen molar-refractivity contribution in [3.05, 3.63) is 47.3 Å². The summed E-state index contributed by atoms with van der Waals surface area (Å²) < 4.78 is 0. The quantitative estimate of drug-likeness (QED) is 0.860. The van der Waals surface area contributed by atoms with Gasteiger partial charge in [0.1, 0.15) is 0 Å². The van der Waals surface area contributed by atoms with Crippen molar-refractivity contribution in [3.8, 4) is 0 Å². The van der Waals surface area contributed by atoms with Gasteiger partial charge in [-0.3, -0.25) is 0 Å². The van der Waals surface area contributed by atoms with E-state index >= 15 is 0 Å². The number of aromatic nitrogens is 2. The van der Waals surface area contributed by atoms with Gasteiger partial charge in [0.15, 0.2) is 5.16 Å². The Kier molecular flexibility index (Phi) is 3.99. The van der Waals surface area contributed by atoms with Crippen LogP contribution in [-0.4, -0.2) is 15.1 Å². The van der Waals surface area contributed by atoms with E-state index in [-0.39, 0.29) is 0 Å². The monoisotopic (exact) mass is 260 g/mol. The summed E-state index contributed by atoms with van der Waals surface area (Å²) >= 11 is 1.53.